The van der Waals surface area contributed by atoms with Crippen LogP contribution in [0.25, 0.3) is 0 Å². The second-order valence-electron chi connectivity index (χ2n) is 5.84. The summed E-state index contributed by atoms with van der Waals surface area (Å²) in [4.78, 5) is 10.9. The second-order valence-corrected chi connectivity index (χ2v) is 5.84. The number of ether oxygens (including phenoxy) is 1. The van der Waals surface area contributed by atoms with E-state index in [9.17, 15) is 9.90 Å². The molecule has 2 aliphatic rings. The summed E-state index contributed by atoms with van der Waals surface area (Å²) in [6.45, 7) is 0.672. The molecule has 1 saturated heterocycles. The van der Waals surface area contributed by atoms with E-state index in [1.165, 1.54) is 19.3 Å². The van der Waals surface area contributed by atoms with Crippen LogP contribution in [-0.4, -0.2) is 41.2 Å². The Hall–Kier alpha value is -0.810. The van der Waals surface area contributed by atoms with E-state index in [4.69, 9.17) is 9.84 Å². The minimum Gasteiger partial charge on any atom is -0.465 e. The monoisotopic (exact) mass is 271 g/mol. The van der Waals surface area contributed by atoms with E-state index in [1.54, 1.807) is 0 Å². The molecule has 110 valence electrons. The molecule has 1 amide bonds. The Labute approximate surface area is 114 Å². The number of amides is 1. The van der Waals surface area contributed by atoms with Crippen molar-refractivity contribution in [3.05, 3.63) is 0 Å². The van der Waals surface area contributed by atoms with Gasteiger partial charge in [-0.3, -0.25) is 0 Å². The van der Waals surface area contributed by atoms with Gasteiger partial charge in [0, 0.05) is 6.61 Å². The lowest BCUT2D eigenvalue weighted by molar-refractivity contribution is -0.0245. The fourth-order valence-corrected chi connectivity index (χ4v) is 3.36. The summed E-state index contributed by atoms with van der Waals surface area (Å²) in [5.74, 6) is 0.529. The molecule has 0 aromatic carbocycles. The van der Waals surface area contributed by atoms with Gasteiger partial charge in [-0.15, -0.1) is 0 Å². The van der Waals surface area contributed by atoms with Gasteiger partial charge in [-0.05, 0) is 25.2 Å². The van der Waals surface area contributed by atoms with Gasteiger partial charge in [-0.25, -0.2) is 4.79 Å². The fourth-order valence-electron chi connectivity index (χ4n) is 3.36. The predicted molar refractivity (Wildman–Crippen MR) is 71.1 cm³/mol. The molecule has 0 unspecified atom stereocenters. The Morgan fingerprint density at radius 3 is 2.53 bits per heavy atom. The van der Waals surface area contributed by atoms with Crippen LogP contribution in [0.15, 0.2) is 0 Å². The summed E-state index contributed by atoms with van der Waals surface area (Å²) < 4.78 is 5.48. The van der Waals surface area contributed by atoms with Gasteiger partial charge in [0.15, 0.2) is 0 Å². The van der Waals surface area contributed by atoms with Crippen LogP contribution in [0.4, 0.5) is 4.79 Å². The third-order valence-electron chi connectivity index (χ3n) is 4.38. The summed E-state index contributed by atoms with van der Waals surface area (Å²) in [5, 5.41) is 21.8. The second kappa shape index (κ2) is 7.10. The molecule has 5 nitrogen and oxygen atoms in total. The molecular formula is C14H25NO4. The largest absolute Gasteiger partial charge is 0.465 e. The molecule has 0 aromatic heterocycles. The van der Waals surface area contributed by atoms with Gasteiger partial charge in [-0.1, -0.05) is 32.1 Å². The van der Waals surface area contributed by atoms with Crippen molar-refractivity contribution in [2.45, 2.75) is 69.6 Å². The van der Waals surface area contributed by atoms with Crippen LogP contribution in [0.5, 0.6) is 0 Å². The molecule has 2 fully saturated rings. The highest BCUT2D eigenvalue weighted by molar-refractivity contribution is 5.64. The van der Waals surface area contributed by atoms with E-state index >= 15 is 0 Å². The number of nitrogens with one attached hydrogen (secondary N) is 1. The molecule has 1 heterocycles. The molecule has 3 atom stereocenters. The summed E-state index contributed by atoms with van der Waals surface area (Å²) in [6, 6.07) is -0.399. The molecule has 3 N–H and O–H groups in total. The summed E-state index contributed by atoms with van der Waals surface area (Å²) in [6.07, 6.45) is 6.54. The average molecular weight is 271 g/mol. The van der Waals surface area contributed by atoms with Gasteiger partial charge in [0.2, 0.25) is 0 Å². The van der Waals surface area contributed by atoms with Crippen LogP contribution >= 0.6 is 0 Å². The van der Waals surface area contributed by atoms with Crippen molar-refractivity contribution in [3.8, 4) is 0 Å². The van der Waals surface area contributed by atoms with E-state index in [-0.39, 0.29) is 6.10 Å². The minimum atomic E-state index is -1.06. The third-order valence-corrected chi connectivity index (χ3v) is 4.38. The highest BCUT2D eigenvalue weighted by atomic mass is 16.5. The zero-order valence-electron chi connectivity index (χ0n) is 11.4. The number of carboxylic acid groups (broad SMARTS) is 1. The molecular weight excluding hydrogens is 246 g/mol. The van der Waals surface area contributed by atoms with Gasteiger partial charge in [0.05, 0.1) is 12.1 Å². The molecule has 1 saturated carbocycles. The van der Waals surface area contributed by atoms with Crippen molar-refractivity contribution in [1.29, 1.82) is 0 Å². The maximum atomic E-state index is 10.9. The number of aliphatic hydroxyl groups excluding tert-OH is 1. The number of rotatable bonds is 5. The first-order valence-electron chi connectivity index (χ1n) is 7.46. The maximum absolute atomic E-state index is 10.9. The predicted octanol–water partition coefficient (Wildman–Crippen LogP) is 2.13. The Morgan fingerprint density at radius 2 is 1.95 bits per heavy atom. The molecule has 0 bridgehead atoms. The van der Waals surface area contributed by atoms with Gasteiger partial charge in [0.1, 0.15) is 6.10 Å². The lowest BCUT2D eigenvalue weighted by Gasteiger charge is -2.31. The minimum absolute atomic E-state index is 0.208. The topological polar surface area (TPSA) is 78.8 Å². The first-order valence-corrected chi connectivity index (χ1v) is 7.46. The first kappa shape index (κ1) is 14.6. The summed E-state index contributed by atoms with van der Waals surface area (Å²) in [7, 11) is 0. The first-order chi connectivity index (χ1) is 9.16. The number of aliphatic hydroxyl groups is 1. The lowest BCUT2D eigenvalue weighted by Crippen LogP contribution is -2.49. The van der Waals surface area contributed by atoms with E-state index < -0.39 is 18.2 Å². The Morgan fingerprint density at radius 1 is 1.21 bits per heavy atom. The highest BCUT2D eigenvalue weighted by Crippen LogP contribution is 2.29. The van der Waals surface area contributed by atoms with E-state index in [0.29, 0.717) is 12.5 Å². The Balaban J connectivity index is 1.91. The molecule has 5 heteroatoms. The standard InChI is InChI=1S/C14H25NO4/c16-13(12-7-4-8-19-12)11(15-14(17)18)9-10-5-2-1-3-6-10/h10-13,15-16H,1-9H2,(H,17,18)/t11-,12-,13+/m0/s1. The fraction of sp³-hybridized carbons (Fsp3) is 0.929. The summed E-state index contributed by atoms with van der Waals surface area (Å²) >= 11 is 0. The Kier molecular flexibility index (Phi) is 5.45. The van der Waals surface area contributed by atoms with E-state index in [2.05, 4.69) is 5.32 Å². The lowest BCUT2D eigenvalue weighted by atomic mass is 9.83. The number of hydrogen-bond donors (Lipinski definition) is 3. The quantitative estimate of drug-likeness (QED) is 0.715. The summed E-state index contributed by atoms with van der Waals surface area (Å²) in [5.41, 5.74) is 0. The third kappa shape index (κ3) is 4.35. The van der Waals surface area contributed by atoms with Crippen LogP contribution in [0, 0.1) is 5.92 Å². The molecule has 0 radical (unpaired) electrons. The van der Waals surface area contributed by atoms with E-state index in [1.807, 2.05) is 0 Å². The smallest absolute Gasteiger partial charge is 0.404 e. The molecule has 1 aliphatic carbocycles. The number of hydrogen-bond acceptors (Lipinski definition) is 3. The van der Waals surface area contributed by atoms with Crippen molar-refractivity contribution in [3.63, 3.8) is 0 Å². The van der Waals surface area contributed by atoms with Gasteiger partial charge < -0.3 is 20.3 Å². The van der Waals surface area contributed by atoms with Crippen LogP contribution in [0.3, 0.4) is 0 Å². The maximum Gasteiger partial charge on any atom is 0.404 e. The normalized spacial score (nSPS) is 27.9. The number of carbonyl (C=O) groups is 1. The zero-order valence-corrected chi connectivity index (χ0v) is 11.4. The molecule has 2 rings (SSSR count). The van der Waals surface area contributed by atoms with Crippen molar-refractivity contribution in [1.82, 2.24) is 5.32 Å². The van der Waals surface area contributed by atoms with Crippen LogP contribution in [-0.2, 0) is 4.74 Å². The molecule has 1 aliphatic heterocycles. The zero-order chi connectivity index (χ0) is 13.7. The van der Waals surface area contributed by atoms with Crippen molar-refractivity contribution in [2.24, 2.45) is 5.92 Å². The molecule has 0 aromatic rings. The average Bonchev–Trinajstić information content (AvgIpc) is 2.91. The van der Waals surface area contributed by atoms with Gasteiger partial charge in [0.25, 0.3) is 0 Å². The van der Waals surface area contributed by atoms with Gasteiger partial charge >= 0.3 is 6.09 Å². The highest BCUT2D eigenvalue weighted by Gasteiger charge is 2.33. The molecule has 19 heavy (non-hydrogen) atoms. The van der Waals surface area contributed by atoms with E-state index in [0.717, 1.165) is 32.1 Å². The van der Waals surface area contributed by atoms with Crippen molar-refractivity contribution >= 4 is 6.09 Å². The molecule has 0 spiro atoms. The van der Waals surface area contributed by atoms with Crippen molar-refractivity contribution in [2.75, 3.05) is 6.61 Å². The van der Waals surface area contributed by atoms with Crippen LogP contribution < -0.4 is 5.32 Å². The van der Waals surface area contributed by atoms with Gasteiger partial charge in [-0.2, -0.15) is 0 Å². The SMILES string of the molecule is O=C(O)N[C@@H](CC1CCCCC1)[C@@H](O)[C@@H]1CCCO1. The van der Waals surface area contributed by atoms with Crippen LogP contribution in [0.1, 0.15) is 51.4 Å². The van der Waals surface area contributed by atoms with Crippen molar-refractivity contribution < 1.29 is 19.7 Å². The van der Waals surface area contributed by atoms with Crippen LogP contribution in [0.2, 0.25) is 0 Å². The Bertz CT molecular complexity index is 285.